The Balaban J connectivity index is 2.07. The maximum absolute atomic E-state index is 12.6. The lowest BCUT2D eigenvalue weighted by Gasteiger charge is -2.27. The molecule has 0 radical (unpaired) electrons. The summed E-state index contributed by atoms with van der Waals surface area (Å²) < 4.78 is 0. The minimum absolute atomic E-state index is 0.0977. The zero-order chi connectivity index (χ0) is 20.0. The zero-order valence-corrected chi connectivity index (χ0v) is 16.6. The molecule has 1 saturated heterocycles. The fourth-order valence-electron chi connectivity index (χ4n) is 3.42. The Hall–Kier alpha value is -2.08. The molecule has 27 heavy (non-hydrogen) atoms. The lowest BCUT2D eigenvalue weighted by atomic mass is 9.79. The molecular weight excluding hydrogens is 368 g/mol. The first kappa shape index (κ1) is 21.2. The summed E-state index contributed by atoms with van der Waals surface area (Å²) >= 11 is 6.27. The SMILES string of the molecule is CCC(CC)(CC(=O)Nc1ccc(C(=O)N2CCCCC2)c(Cl)c1)C(=O)O. The Bertz CT molecular complexity index is 710. The highest BCUT2D eigenvalue weighted by molar-refractivity contribution is 6.34. The zero-order valence-electron chi connectivity index (χ0n) is 15.9. The van der Waals surface area contributed by atoms with Crippen molar-refractivity contribution < 1.29 is 19.5 Å². The smallest absolute Gasteiger partial charge is 0.310 e. The Morgan fingerprint density at radius 1 is 1.15 bits per heavy atom. The van der Waals surface area contributed by atoms with Gasteiger partial charge in [0.05, 0.1) is 16.0 Å². The minimum Gasteiger partial charge on any atom is -0.481 e. The molecule has 0 unspecified atom stereocenters. The van der Waals surface area contributed by atoms with Gasteiger partial charge < -0.3 is 15.3 Å². The first-order valence-electron chi connectivity index (χ1n) is 9.45. The van der Waals surface area contributed by atoms with Gasteiger partial charge in [-0.1, -0.05) is 25.4 Å². The van der Waals surface area contributed by atoms with E-state index < -0.39 is 11.4 Å². The van der Waals surface area contributed by atoms with Gasteiger partial charge in [0.15, 0.2) is 0 Å². The van der Waals surface area contributed by atoms with Crippen LogP contribution in [0.4, 0.5) is 5.69 Å². The molecule has 1 aromatic rings. The van der Waals surface area contributed by atoms with Crippen LogP contribution < -0.4 is 5.32 Å². The molecule has 1 heterocycles. The summed E-state index contributed by atoms with van der Waals surface area (Å²) in [7, 11) is 0. The molecule has 148 valence electrons. The Labute approximate surface area is 164 Å². The molecule has 7 heteroatoms. The fourth-order valence-corrected chi connectivity index (χ4v) is 3.69. The van der Waals surface area contributed by atoms with Crippen molar-refractivity contribution in [1.82, 2.24) is 4.90 Å². The van der Waals surface area contributed by atoms with Gasteiger partial charge in [-0.3, -0.25) is 14.4 Å². The summed E-state index contributed by atoms with van der Waals surface area (Å²) in [5.74, 6) is -1.45. The van der Waals surface area contributed by atoms with Crippen molar-refractivity contribution in [2.24, 2.45) is 5.41 Å². The first-order valence-corrected chi connectivity index (χ1v) is 9.83. The van der Waals surface area contributed by atoms with Crippen LogP contribution in [-0.2, 0) is 9.59 Å². The van der Waals surface area contributed by atoms with Gasteiger partial charge in [-0.05, 0) is 50.3 Å². The third-order valence-electron chi connectivity index (χ3n) is 5.43. The second-order valence-electron chi connectivity index (χ2n) is 7.07. The molecule has 1 aliphatic heterocycles. The maximum atomic E-state index is 12.6. The summed E-state index contributed by atoms with van der Waals surface area (Å²) in [6.45, 7) is 5.00. The number of carboxylic acid groups (broad SMARTS) is 1. The van der Waals surface area contributed by atoms with Crippen molar-refractivity contribution in [2.45, 2.75) is 52.4 Å². The van der Waals surface area contributed by atoms with Crippen molar-refractivity contribution in [3.63, 3.8) is 0 Å². The molecule has 0 atom stereocenters. The number of hydrogen-bond acceptors (Lipinski definition) is 3. The third kappa shape index (κ3) is 5.01. The van der Waals surface area contributed by atoms with Crippen LogP contribution in [0.15, 0.2) is 18.2 Å². The molecule has 6 nitrogen and oxygen atoms in total. The Morgan fingerprint density at radius 3 is 2.30 bits per heavy atom. The maximum Gasteiger partial charge on any atom is 0.310 e. The largest absolute Gasteiger partial charge is 0.481 e. The number of carboxylic acids is 1. The average Bonchev–Trinajstić information content (AvgIpc) is 2.66. The van der Waals surface area contributed by atoms with Gasteiger partial charge in [0.1, 0.15) is 0 Å². The van der Waals surface area contributed by atoms with Crippen LogP contribution in [0, 0.1) is 5.41 Å². The number of aliphatic carboxylic acids is 1. The number of amides is 2. The second-order valence-corrected chi connectivity index (χ2v) is 7.47. The Morgan fingerprint density at radius 2 is 1.78 bits per heavy atom. The van der Waals surface area contributed by atoms with E-state index in [4.69, 9.17) is 11.6 Å². The summed E-state index contributed by atoms with van der Waals surface area (Å²) in [6.07, 6.45) is 3.76. The number of piperidine rings is 1. The van der Waals surface area contributed by atoms with Crippen LogP contribution in [0.25, 0.3) is 0 Å². The number of carbonyl (C=O) groups excluding carboxylic acids is 2. The van der Waals surface area contributed by atoms with Crippen LogP contribution in [0.5, 0.6) is 0 Å². The second kappa shape index (κ2) is 9.22. The van der Waals surface area contributed by atoms with Crippen LogP contribution >= 0.6 is 11.6 Å². The van der Waals surface area contributed by atoms with E-state index in [1.165, 1.54) is 6.07 Å². The fraction of sp³-hybridized carbons (Fsp3) is 0.550. The molecule has 0 bridgehead atoms. The van der Waals surface area contributed by atoms with Gasteiger partial charge in [0.2, 0.25) is 5.91 Å². The van der Waals surface area contributed by atoms with E-state index in [2.05, 4.69) is 5.32 Å². The van der Waals surface area contributed by atoms with Crippen LogP contribution in [-0.4, -0.2) is 40.9 Å². The molecule has 2 amide bonds. The lowest BCUT2D eigenvalue weighted by Crippen LogP contribution is -2.35. The molecule has 0 aromatic heterocycles. The number of anilines is 1. The van der Waals surface area contributed by atoms with Gasteiger partial charge >= 0.3 is 5.97 Å². The highest BCUT2D eigenvalue weighted by Crippen LogP contribution is 2.32. The van der Waals surface area contributed by atoms with Gasteiger partial charge in [0.25, 0.3) is 5.91 Å². The molecule has 2 N–H and O–H groups in total. The quantitative estimate of drug-likeness (QED) is 0.726. The highest BCUT2D eigenvalue weighted by Gasteiger charge is 2.37. The van der Waals surface area contributed by atoms with E-state index in [0.717, 1.165) is 32.4 Å². The van der Waals surface area contributed by atoms with Gasteiger partial charge in [0, 0.05) is 25.2 Å². The van der Waals surface area contributed by atoms with E-state index in [9.17, 15) is 19.5 Å². The first-order chi connectivity index (χ1) is 12.8. The monoisotopic (exact) mass is 394 g/mol. The van der Waals surface area contributed by atoms with Crippen LogP contribution in [0.2, 0.25) is 5.02 Å². The normalized spacial score (nSPS) is 14.7. The average molecular weight is 395 g/mol. The van der Waals surface area contributed by atoms with Crippen molar-refractivity contribution in [3.05, 3.63) is 28.8 Å². The predicted octanol–water partition coefficient (Wildman–Crippen LogP) is 4.19. The molecule has 0 aliphatic carbocycles. The van der Waals surface area contributed by atoms with Gasteiger partial charge in [-0.15, -0.1) is 0 Å². The third-order valence-corrected chi connectivity index (χ3v) is 5.75. The summed E-state index contributed by atoms with van der Waals surface area (Å²) in [5.41, 5.74) is -0.205. The number of hydrogen-bond donors (Lipinski definition) is 2. The predicted molar refractivity (Wildman–Crippen MR) is 105 cm³/mol. The number of nitrogens with one attached hydrogen (secondary N) is 1. The summed E-state index contributed by atoms with van der Waals surface area (Å²) in [4.78, 5) is 38.3. The number of rotatable bonds is 7. The number of halogens is 1. The standard InChI is InChI=1S/C20H27ClN2O4/c1-3-20(4-2,19(26)27)13-17(24)22-14-8-9-15(16(21)12-14)18(25)23-10-6-5-7-11-23/h8-9,12H,3-7,10-11,13H2,1-2H3,(H,22,24)(H,26,27). The summed E-state index contributed by atoms with van der Waals surface area (Å²) in [5, 5.41) is 12.4. The van der Waals surface area contributed by atoms with Crippen LogP contribution in [0.1, 0.15) is 62.7 Å². The molecule has 1 fully saturated rings. The summed E-state index contributed by atoms with van der Waals surface area (Å²) in [6, 6.07) is 4.78. The van der Waals surface area contributed by atoms with E-state index in [1.54, 1.807) is 30.9 Å². The molecule has 0 spiro atoms. The van der Waals surface area contributed by atoms with Crippen molar-refractivity contribution in [3.8, 4) is 0 Å². The minimum atomic E-state index is -1.07. The Kier molecular flexibility index (Phi) is 7.25. The molecule has 1 aliphatic rings. The van der Waals surface area contributed by atoms with Crippen molar-refractivity contribution in [1.29, 1.82) is 0 Å². The van der Waals surface area contributed by atoms with Gasteiger partial charge in [-0.2, -0.15) is 0 Å². The van der Waals surface area contributed by atoms with E-state index in [1.807, 2.05) is 0 Å². The van der Waals surface area contributed by atoms with E-state index in [0.29, 0.717) is 24.1 Å². The highest BCUT2D eigenvalue weighted by atomic mass is 35.5. The number of likely N-dealkylation sites (tertiary alicyclic amines) is 1. The van der Waals surface area contributed by atoms with E-state index >= 15 is 0 Å². The van der Waals surface area contributed by atoms with Crippen LogP contribution in [0.3, 0.4) is 0 Å². The molecule has 2 rings (SSSR count). The van der Waals surface area contributed by atoms with Gasteiger partial charge in [-0.25, -0.2) is 0 Å². The number of carbonyl (C=O) groups is 3. The van der Waals surface area contributed by atoms with E-state index in [-0.39, 0.29) is 23.3 Å². The number of benzene rings is 1. The number of nitrogens with zero attached hydrogens (tertiary/aromatic N) is 1. The van der Waals surface area contributed by atoms with Crippen molar-refractivity contribution in [2.75, 3.05) is 18.4 Å². The molecular formula is C20H27ClN2O4. The topological polar surface area (TPSA) is 86.7 Å². The van der Waals surface area contributed by atoms with Crippen molar-refractivity contribution >= 4 is 35.1 Å². The lowest BCUT2D eigenvalue weighted by molar-refractivity contribution is -0.151. The molecule has 0 saturated carbocycles. The molecule has 1 aromatic carbocycles.